The molecule has 9 atom stereocenters. The molecule has 228 valence electrons. The second kappa shape index (κ2) is 11.5. The van der Waals surface area contributed by atoms with Gasteiger partial charge in [-0.05, 0) is 24.3 Å². The average Bonchev–Trinajstić information content (AvgIpc) is 2.97. The Morgan fingerprint density at radius 1 is 0.786 bits per heavy atom. The quantitative estimate of drug-likeness (QED) is 0.142. The van der Waals surface area contributed by atoms with Crippen LogP contribution in [0.3, 0.4) is 0 Å². The summed E-state index contributed by atoms with van der Waals surface area (Å²) in [5.74, 6) is -3.99. The first-order valence-electron chi connectivity index (χ1n) is 12.6. The Balaban J connectivity index is 1.66. The fourth-order valence-electron chi connectivity index (χ4n) is 4.58. The number of aliphatic hydroxyl groups is 7. The molecule has 0 aliphatic carbocycles. The van der Waals surface area contributed by atoms with Crippen molar-refractivity contribution in [2.75, 3.05) is 13.2 Å². The highest BCUT2D eigenvalue weighted by Gasteiger charge is 2.46. The molecule has 2 aliphatic heterocycles. The molecular weight excluding hydrogens is 568 g/mol. The summed E-state index contributed by atoms with van der Waals surface area (Å²) in [4.78, 5) is 13.3. The molecule has 0 saturated carbocycles. The van der Waals surface area contributed by atoms with Gasteiger partial charge in [0.1, 0.15) is 59.6 Å². The van der Waals surface area contributed by atoms with Gasteiger partial charge in [-0.15, -0.1) is 0 Å². The van der Waals surface area contributed by atoms with Gasteiger partial charge in [0.25, 0.3) is 0 Å². The summed E-state index contributed by atoms with van der Waals surface area (Å²) in [6.45, 7) is -1.32. The van der Waals surface area contributed by atoms with E-state index in [4.69, 9.17) is 23.4 Å². The van der Waals surface area contributed by atoms with E-state index in [-0.39, 0.29) is 17.1 Å². The number of aliphatic hydroxyl groups excluding tert-OH is 7. The number of benzene rings is 2. The molecule has 42 heavy (non-hydrogen) atoms. The molecule has 0 unspecified atom stereocenters. The molecule has 16 nitrogen and oxygen atoms in total. The first kappa shape index (κ1) is 29.8. The van der Waals surface area contributed by atoms with E-state index in [9.17, 15) is 55.9 Å². The van der Waals surface area contributed by atoms with Crippen LogP contribution in [0.1, 0.15) is 0 Å². The van der Waals surface area contributed by atoms with Crippen molar-refractivity contribution < 1.29 is 74.4 Å². The molecule has 0 amide bonds. The van der Waals surface area contributed by atoms with Crippen LogP contribution in [0.15, 0.2) is 39.5 Å². The number of hydrogen-bond acceptors (Lipinski definition) is 16. The Labute approximate surface area is 235 Å². The molecule has 3 aromatic rings. The number of phenols is 3. The second-order valence-corrected chi connectivity index (χ2v) is 9.76. The molecule has 10 N–H and O–H groups in total. The molecule has 5 rings (SSSR count). The lowest BCUT2D eigenvalue weighted by molar-refractivity contribution is -0.277. The number of rotatable bonds is 6. The normalized spacial score (nSPS) is 31.6. The molecule has 2 fully saturated rings. The van der Waals surface area contributed by atoms with E-state index in [1.54, 1.807) is 0 Å². The monoisotopic (exact) mass is 596 g/mol. The summed E-state index contributed by atoms with van der Waals surface area (Å²) in [6.07, 6.45) is -15.8. The zero-order valence-corrected chi connectivity index (χ0v) is 21.4. The highest BCUT2D eigenvalue weighted by atomic mass is 16.7. The van der Waals surface area contributed by atoms with Gasteiger partial charge in [-0.2, -0.15) is 0 Å². The maximum absolute atomic E-state index is 13.3. The average molecular weight is 596 g/mol. The van der Waals surface area contributed by atoms with Gasteiger partial charge in [-0.25, -0.2) is 0 Å². The van der Waals surface area contributed by atoms with E-state index in [2.05, 4.69) is 0 Å². The smallest absolute Gasteiger partial charge is 0.229 e. The van der Waals surface area contributed by atoms with E-state index in [1.165, 1.54) is 24.3 Å². The minimum atomic E-state index is -1.97. The van der Waals surface area contributed by atoms with Gasteiger partial charge in [0.15, 0.2) is 16.8 Å². The van der Waals surface area contributed by atoms with Crippen LogP contribution in [0.2, 0.25) is 0 Å². The minimum absolute atomic E-state index is 0.0876. The first-order chi connectivity index (χ1) is 19.9. The van der Waals surface area contributed by atoms with Crippen LogP contribution in [0.4, 0.5) is 0 Å². The number of hydrogen-bond donors (Lipinski definition) is 10. The minimum Gasteiger partial charge on any atom is -0.508 e. The van der Waals surface area contributed by atoms with Crippen LogP contribution in [-0.2, 0) is 9.47 Å². The summed E-state index contributed by atoms with van der Waals surface area (Å²) in [7, 11) is 0. The molecular formula is C26H28O16. The van der Waals surface area contributed by atoms with Crippen molar-refractivity contribution in [3.05, 3.63) is 40.6 Å². The summed E-state index contributed by atoms with van der Waals surface area (Å²) in [6, 6.07) is 6.38. The van der Waals surface area contributed by atoms with E-state index in [1.807, 2.05) is 0 Å². The molecule has 0 radical (unpaired) electrons. The standard InChI is InChI=1S/C26H28O16/c27-6-13-16(32)18(34)20(36)26(40-13)42-24-21(37)23(41-25-19(35)15(31)11(30)7-38-25)17(33)14-10(29)5-12(39-22(14)24)8-1-3-9(28)4-2-8/h1-5,11,13,15-16,18-20,25-28,30-37H,6-7H2/t11-,13-,15+,16+,18+,19-,20+,25+,26+/m1/s1. The molecule has 16 heteroatoms. The van der Waals surface area contributed by atoms with Crippen LogP contribution >= 0.6 is 0 Å². The number of fused-ring (bicyclic) bond motifs is 1. The third kappa shape index (κ3) is 5.19. The third-order valence-corrected chi connectivity index (χ3v) is 6.96. The van der Waals surface area contributed by atoms with Gasteiger partial charge in [-0.1, -0.05) is 0 Å². The zero-order valence-electron chi connectivity index (χ0n) is 21.4. The van der Waals surface area contributed by atoms with Gasteiger partial charge < -0.3 is 74.4 Å². The van der Waals surface area contributed by atoms with Crippen molar-refractivity contribution in [3.63, 3.8) is 0 Å². The third-order valence-electron chi connectivity index (χ3n) is 6.96. The van der Waals surface area contributed by atoms with Gasteiger partial charge in [0.05, 0.1) is 13.2 Å². The van der Waals surface area contributed by atoms with Crippen LogP contribution in [-0.4, -0.2) is 120 Å². The lowest BCUT2D eigenvalue weighted by Crippen LogP contribution is -2.60. The topological polar surface area (TPSA) is 269 Å². The summed E-state index contributed by atoms with van der Waals surface area (Å²) in [5, 5.41) is 102. The van der Waals surface area contributed by atoms with Gasteiger partial charge >= 0.3 is 0 Å². The van der Waals surface area contributed by atoms with Crippen LogP contribution in [0, 0.1) is 0 Å². The second-order valence-electron chi connectivity index (χ2n) is 9.76. The van der Waals surface area contributed by atoms with Crippen molar-refractivity contribution in [1.29, 1.82) is 0 Å². The van der Waals surface area contributed by atoms with Crippen molar-refractivity contribution in [1.82, 2.24) is 0 Å². The largest absolute Gasteiger partial charge is 0.508 e. The van der Waals surface area contributed by atoms with E-state index < -0.39 is 108 Å². The van der Waals surface area contributed by atoms with Crippen molar-refractivity contribution >= 4 is 11.0 Å². The van der Waals surface area contributed by atoms with Crippen molar-refractivity contribution in [3.8, 4) is 40.1 Å². The molecule has 2 aliphatic rings. The maximum Gasteiger partial charge on any atom is 0.229 e. The molecule has 0 spiro atoms. The van der Waals surface area contributed by atoms with Crippen LogP contribution < -0.4 is 14.9 Å². The molecule has 0 bridgehead atoms. The molecule has 2 saturated heterocycles. The van der Waals surface area contributed by atoms with Gasteiger partial charge in [-0.3, -0.25) is 4.79 Å². The lowest BCUT2D eigenvalue weighted by Gasteiger charge is -2.39. The van der Waals surface area contributed by atoms with Crippen molar-refractivity contribution in [2.24, 2.45) is 0 Å². The summed E-state index contributed by atoms with van der Waals surface area (Å²) in [5.41, 5.74) is -1.23. The molecule has 3 heterocycles. The van der Waals surface area contributed by atoms with Gasteiger partial charge in [0.2, 0.25) is 29.8 Å². The Morgan fingerprint density at radius 2 is 1.43 bits per heavy atom. The van der Waals surface area contributed by atoms with Crippen LogP contribution in [0.25, 0.3) is 22.3 Å². The summed E-state index contributed by atoms with van der Waals surface area (Å²) < 4.78 is 27.3. The Morgan fingerprint density at radius 3 is 2.10 bits per heavy atom. The molecule has 1 aromatic heterocycles. The molecule has 2 aromatic carbocycles. The number of ether oxygens (including phenoxy) is 4. The SMILES string of the molecule is O=c1cc(-c2ccc(O)cc2)oc2c(O[C@@H]3O[C@H](CO)[C@H](O)[C@H](O)[C@@H]3O)c(O)c(O[C@@H]3OC[C@@H](O)[C@H](O)[C@H]3O)c(O)c12. The maximum atomic E-state index is 13.3. The van der Waals surface area contributed by atoms with E-state index in [0.717, 1.165) is 6.07 Å². The predicted molar refractivity (Wildman–Crippen MR) is 136 cm³/mol. The summed E-state index contributed by atoms with van der Waals surface area (Å²) >= 11 is 0. The van der Waals surface area contributed by atoms with Crippen molar-refractivity contribution in [2.45, 2.75) is 55.3 Å². The van der Waals surface area contributed by atoms with E-state index >= 15 is 0 Å². The lowest BCUT2D eigenvalue weighted by atomic mass is 9.99. The highest BCUT2D eigenvalue weighted by Crippen LogP contribution is 2.51. The highest BCUT2D eigenvalue weighted by molar-refractivity contribution is 5.95. The van der Waals surface area contributed by atoms with E-state index in [0.29, 0.717) is 0 Å². The Hall–Kier alpha value is -3.71. The fourth-order valence-corrected chi connectivity index (χ4v) is 4.58. The zero-order chi connectivity index (χ0) is 30.5. The Kier molecular flexibility index (Phi) is 8.17. The van der Waals surface area contributed by atoms with Gasteiger partial charge in [0, 0.05) is 11.6 Å². The predicted octanol–water partition coefficient (Wildman–Crippen LogP) is -2.43. The number of phenolic OH excluding ortho intramolecular Hbond substituents is 3. The first-order valence-corrected chi connectivity index (χ1v) is 12.6. The number of aromatic hydroxyl groups is 3. The fraction of sp³-hybridized carbons (Fsp3) is 0.423. The Bertz CT molecular complexity index is 1490. The van der Waals surface area contributed by atoms with Crippen LogP contribution in [0.5, 0.6) is 28.7 Å².